The van der Waals surface area contributed by atoms with Crippen LogP contribution in [0.4, 0.5) is 0 Å². The fourth-order valence-corrected chi connectivity index (χ4v) is 2.78. The van der Waals surface area contributed by atoms with Crippen molar-refractivity contribution in [3.05, 3.63) is 29.8 Å². The van der Waals surface area contributed by atoms with E-state index in [2.05, 4.69) is 10.3 Å². The minimum absolute atomic E-state index is 0.0240. The maximum absolute atomic E-state index is 11.2. The number of nitrogens with one attached hydrogen (secondary N) is 1. The number of hydrogen-bond donors (Lipinski definition) is 3. The number of imidazole rings is 1. The van der Waals surface area contributed by atoms with E-state index >= 15 is 0 Å². The molecule has 2 aromatic rings. The fourth-order valence-electron chi connectivity index (χ4n) is 2.78. The Morgan fingerprint density at radius 3 is 2.90 bits per heavy atom. The molecule has 3 N–H and O–H groups in total. The Morgan fingerprint density at radius 2 is 2.20 bits per heavy atom. The number of nitrogens with zero attached hydrogens (tertiary/aromatic N) is 2. The molecule has 0 unspecified atom stereocenters. The number of hydrogen-bond acceptors (Lipinski definition) is 4. The van der Waals surface area contributed by atoms with Crippen molar-refractivity contribution in [1.29, 1.82) is 0 Å². The molecule has 0 radical (unpaired) electrons. The topological polar surface area (TPSA) is 86.9 Å². The van der Waals surface area contributed by atoms with Crippen molar-refractivity contribution in [2.45, 2.75) is 38.3 Å². The number of fused-ring (bicyclic) bond motifs is 1. The molecule has 0 aromatic carbocycles. The summed E-state index contributed by atoms with van der Waals surface area (Å²) in [6, 6.07) is 3.45. The largest absolute Gasteiger partial charge is 0.508 e. The van der Waals surface area contributed by atoms with Gasteiger partial charge in [0.15, 0.2) is 5.69 Å². The van der Waals surface area contributed by atoms with Crippen molar-refractivity contribution in [3.8, 4) is 5.75 Å². The van der Waals surface area contributed by atoms with Gasteiger partial charge in [0.2, 0.25) is 0 Å². The van der Waals surface area contributed by atoms with Gasteiger partial charge < -0.3 is 19.9 Å². The Balaban J connectivity index is 1.91. The summed E-state index contributed by atoms with van der Waals surface area (Å²) in [5.74, 6) is -0.389. The molecule has 0 bridgehead atoms. The fraction of sp³-hybridized carbons (Fsp3) is 0.429. The molecule has 0 amide bonds. The first kappa shape index (κ1) is 12.9. The highest BCUT2D eigenvalue weighted by Gasteiger charge is 2.19. The normalized spacial score (nSPS) is 16.0. The number of rotatable bonds is 4. The molecule has 6 heteroatoms. The highest BCUT2D eigenvalue weighted by Crippen LogP contribution is 2.21. The van der Waals surface area contributed by atoms with Gasteiger partial charge in [-0.1, -0.05) is 12.8 Å². The van der Waals surface area contributed by atoms with Crippen molar-refractivity contribution in [2.24, 2.45) is 0 Å². The van der Waals surface area contributed by atoms with Crippen LogP contribution in [0.1, 0.15) is 42.0 Å². The predicted molar refractivity (Wildman–Crippen MR) is 72.9 cm³/mol. The van der Waals surface area contributed by atoms with Gasteiger partial charge in [0, 0.05) is 18.3 Å². The Hall–Kier alpha value is -2.08. The van der Waals surface area contributed by atoms with Crippen LogP contribution in [0.15, 0.2) is 18.3 Å². The van der Waals surface area contributed by atoms with Crippen LogP contribution in [-0.4, -0.2) is 31.6 Å². The van der Waals surface area contributed by atoms with E-state index in [1.165, 1.54) is 25.0 Å². The molecule has 0 spiro atoms. The van der Waals surface area contributed by atoms with Gasteiger partial charge in [-0.2, -0.15) is 0 Å². The summed E-state index contributed by atoms with van der Waals surface area (Å²) in [6.45, 7) is 0.532. The van der Waals surface area contributed by atoms with E-state index in [0.29, 0.717) is 23.9 Å². The first-order chi connectivity index (χ1) is 9.65. The van der Waals surface area contributed by atoms with E-state index in [1.54, 1.807) is 10.6 Å². The van der Waals surface area contributed by atoms with Crippen LogP contribution in [0, 0.1) is 0 Å². The first-order valence-electron chi connectivity index (χ1n) is 6.82. The smallest absolute Gasteiger partial charge is 0.356 e. The van der Waals surface area contributed by atoms with Gasteiger partial charge in [-0.05, 0) is 18.9 Å². The number of aromatic carboxylic acids is 1. The summed E-state index contributed by atoms with van der Waals surface area (Å²) < 4.78 is 1.71. The third-order valence-electron chi connectivity index (χ3n) is 3.81. The monoisotopic (exact) mass is 275 g/mol. The Morgan fingerprint density at radius 1 is 1.45 bits per heavy atom. The standard InChI is InChI=1S/C14H17N3O3/c18-10-5-6-17-11(7-10)13(14(19)20)16-12(17)8-15-9-3-1-2-4-9/h5-7,9,15,18H,1-4,8H2,(H,19,20). The Labute approximate surface area is 116 Å². The van der Waals surface area contributed by atoms with Crippen LogP contribution in [0.25, 0.3) is 5.52 Å². The van der Waals surface area contributed by atoms with Crippen molar-refractivity contribution < 1.29 is 15.0 Å². The average molecular weight is 275 g/mol. The quantitative estimate of drug-likeness (QED) is 0.791. The molecule has 0 atom stereocenters. The summed E-state index contributed by atoms with van der Waals surface area (Å²) in [5, 5.41) is 22.1. The summed E-state index contributed by atoms with van der Waals surface area (Å²) in [4.78, 5) is 15.4. The molecule has 2 heterocycles. The van der Waals surface area contributed by atoms with Crippen molar-refractivity contribution in [2.75, 3.05) is 0 Å². The molecule has 6 nitrogen and oxygen atoms in total. The van der Waals surface area contributed by atoms with Crippen molar-refractivity contribution in [3.63, 3.8) is 0 Å². The molecule has 1 saturated carbocycles. The molecular weight excluding hydrogens is 258 g/mol. The number of aromatic hydroxyl groups is 1. The van der Waals surface area contributed by atoms with Gasteiger partial charge in [-0.25, -0.2) is 9.78 Å². The zero-order valence-corrected chi connectivity index (χ0v) is 11.0. The molecule has 3 rings (SSSR count). The second-order valence-electron chi connectivity index (χ2n) is 5.18. The number of carbonyl (C=O) groups is 1. The maximum Gasteiger partial charge on any atom is 0.356 e. The first-order valence-corrected chi connectivity index (χ1v) is 6.82. The van der Waals surface area contributed by atoms with Gasteiger partial charge in [-0.3, -0.25) is 0 Å². The van der Waals surface area contributed by atoms with Gasteiger partial charge in [-0.15, -0.1) is 0 Å². The van der Waals surface area contributed by atoms with Crippen LogP contribution in [-0.2, 0) is 6.54 Å². The number of carboxylic acids is 1. The predicted octanol–water partition coefficient (Wildman–Crippen LogP) is 1.77. The Bertz CT molecular complexity index is 644. The van der Waals surface area contributed by atoms with E-state index in [0.717, 1.165) is 12.8 Å². The lowest BCUT2D eigenvalue weighted by Crippen LogP contribution is -2.26. The number of pyridine rings is 1. The van der Waals surface area contributed by atoms with E-state index in [-0.39, 0.29) is 11.4 Å². The molecule has 2 aromatic heterocycles. The lowest BCUT2D eigenvalue weighted by atomic mass is 10.2. The summed E-state index contributed by atoms with van der Waals surface area (Å²) in [7, 11) is 0. The SMILES string of the molecule is O=C(O)c1nc(CNC2CCCC2)n2ccc(O)cc12. The summed E-state index contributed by atoms with van der Waals surface area (Å²) in [6.07, 6.45) is 6.46. The summed E-state index contributed by atoms with van der Waals surface area (Å²) in [5.41, 5.74) is 0.393. The lowest BCUT2D eigenvalue weighted by Gasteiger charge is -2.10. The molecule has 1 aliphatic rings. The lowest BCUT2D eigenvalue weighted by molar-refractivity contribution is 0.0693. The molecule has 1 aliphatic carbocycles. The van der Waals surface area contributed by atoms with E-state index in [4.69, 9.17) is 0 Å². The third-order valence-corrected chi connectivity index (χ3v) is 3.81. The van der Waals surface area contributed by atoms with Crippen LogP contribution in [0.5, 0.6) is 5.75 Å². The molecule has 106 valence electrons. The van der Waals surface area contributed by atoms with Crippen LogP contribution in [0.2, 0.25) is 0 Å². The van der Waals surface area contributed by atoms with Gasteiger partial charge in [0.25, 0.3) is 0 Å². The Kier molecular flexibility index (Phi) is 3.31. The zero-order valence-electron chi connectivity index (χ0n) is 11.0. The minimum Gasteiger partial charge on any atom is -0.508 e. The summed E-state index contributed by atoms with van der Waals surface area (Å²) >= 11 is 0. The van der Waals surface area contributed by atoms with E-state index in [1.807, 2.05) is 0 Å². The minimum atomic E-state index is -1.08. The van der Waals surface area contributed by atoms with Crippen molar-refractivity contribution in [1.82, 2.24) is 14.7 Å². The van der Waals surface area contributed by atoms with Gasteiger partial charge in [0.05, 0.1) is 12.1 Å². The maximum atomic E-state index is 11.2. The van der Waals surface area contributed by atoms with Crippen LogP contribution >= 0.6 is 0 Å². The molecule has 1 fully saturated rings. The van der Waals surface area contributed by atoms with E-state index < -0.39 is 5.97 Å². The number of aromatic nitrogens is 2. The van der Waals surface area contributed by atoms with Crippen LogP contribution < -0.4 is 5.32 Å². The van der Waals surface area contributed by atoms with Gasteiger partial charge in [0.1, 0.15) is 11.6 Å². The second kappa shape index (κ2) is 5.13. The third kappa shape index (κ3) is 2.34. The zero-order chi connectivity index (χ0) is 14.1. The molecular formula is C14H17N3O3. The van der Waals surface area contributed by atoms with Gasteiger partial charge >= 0.3 is 5.97 Å². The number of carboxylic acid groups (broad SMARTS) is 1. The highest BCUT2D eigenvalue weighted by atomic mass is 16.4. The molecule has 20 heavy (non-hydrogen) atoms. The molecule has 0 aliphatic heterocycles. The highest BCUT2D eigenvalue weighted by molar-refractivity contribution is 5.94. The second-order valence-corrected chi connectivity index (χ2v) is 5.18. The van der Waals surface area contributed by atoms with Crippen LogP contribution in [0.3, 0.4) is 0 Å². The average Bonchev–Trinajstić information content (AvgIpc) is 3.02. The molecule has 0 saturated heterocycles. The van der Waals surface area contributed by atoms with Crippen molar-refractivity contribution >= 4 is 11.5 Å². The van der Waals surface area contributed by atoms with E-state index in [9.17, 15) is 15.0 Å².